The minimum atomic E-state index is 0.358. The summed E-state index contributed by atoms with van der Waals surface area (Å²) < 4.78 is 0. The van der Waals surface area contributed by atoms with E-state index in [2.05, 4.69) is 17.1 Å². The summed E-state index contributed by atoms with van der Waals surface area (Å²) >= 11 is 0. The molecule has 2 heteroatoms. The quantitative estimate of drug-likeness (QED) is 0.762. The molecule has 0 amide bonds. The molecule has 1 saturated carbocycles. The standard InChI is InChI=1S/C11H16N2/c12-11(10-2-1-3-10)8-9-4-6-13-7-5-9/h4-7,10-11H,1-3,8,12H2. The fourth-order valence-corrected chi connectivity index (χ4v) is 1.83. The van der Waals surface area contributed by atoms with E-state index < -0.39 is 0 Å². The van der Waals surface area contributed by atoms with Crippen LogP contribution in [0.15, 0.2) is 24.5 Å². The third-order valence-corrected chi connectivity index (χ3v) is 2.98. The van der Waals surface area contributed by atoms with Gasteiger partial charge in [0.1, 0.15) is 0 Å². The Morgan fingerprint density at radius 3 is 2.62 bits per heavy atom. The van der Waals surface area contributed by atoms with Crippen molar-refractivity contribution >= 4 is 0 Å². The predicted molar refractivity (Wildman–Crippen MR) is 53.3 cm³/mol. The molecule has 13 heavy (non-hydrogen) atoms. The second kappa shape index (κ2) is 3.88. The van der Waals surface area contributed by atoms with Gasteiger partial charge < -0.3 is 5.73 Å². The number of pyridine rings is 1. The summed E-state index contributed by atoms with van der Waals surface area (Å²) in [6.07, 6.45) is 8.70. The first-order valence-electron chi connectivity index (χ1n) is 5.01. The first-order valence-corrected chi connectivity index (χ1v) is 5.01. The Morgan fingerprint density at radius 2 is 2.08 bits per heavy atom. The van der Waals surface area contributed by atoms with Gasteiger partial charge in [-0.3, -0.25) is 4.98 Å². The van der Waals surface area contributed by atoms with Crippen LogP contribution in [0.2, 0.25) is 0 Å². The van der Waals surface area contributed by atoms with Crippen molar-refractivity contribution in [3.05, 3.63) is 30.1 Å². The van der Waals surface area contributed by atoms with Crippen LogP contribution in [-0.4, -0.2) is 11.0 Å². The summed E-state index contributed by atoms with van der Waals surface area (Å²) in [7, 11) is 0. The van der Waals surface area contributed by atoms with Gasteiger partial charge in [0.2, 0.25) is 0 Å². The molecule has 0 radical (unpaired) electrons. The van der Waals surface area contributed by atoms with Crippen molar-refractivity contribution in [1.82, 2.24) is 4.98 Å². The summed E-state index contributed by atoms with van der Waals surface area (Å²) in [5, 5.41) is 0. The molecule has 1 aliphatic rings. The molecule has 2 N–H and O–H groups in total. The molecular weight excluding hydrogens is 160 g/mol. The van der Waals surface area contributed by atoms with Crippen LogP contribution in [0.4, 0.5) is 0 Å². The van der Waals surface area contributed by atoms with Gasteiger partial charge in [0.25, 0.3) is 0 Å². The topological polar surface area (TPSA) is 38.9 Å². The van der Waals surface area contributed by atoms with Gasteiger partial charge in [0.15, 0.2) is 0 Å². The molecule has 1 atom stereocenters. The van der Waals surface area contributed by atoms with Crippen LogP contribution in [-0.2, 0) is 6.42 Å². The van der Waals surface area contributed by atoms with Crippen LogP contribution in [0, 0.1) is 5.92 Å². The van der Waals surface area contributed by atoms with Gasteiger partial charge in [-0.2, -0.15) is 0 Å². The average Bonchev–Trinajstić information content (AvgIpc) is 2.02. The Labute approximate surface area is 79.2 Å². The van der Waals surface area contributed by atoms with Crippen molar-refractivity contribution in [2.75, 3.05) is 0 Å². The number of nitrogens with zero attached hydrogens (tertiary/aromatic N) is 1. The molecule has 70 valence electrons. The number of hydrogen-bond donors (Lipinski definition) is 1. The highest BCUT2D eigenvalue weighted by molar-refractivity contribution is 5.11. The molecule has 0 bridgehead atoms. The highest BCUT2D eigenvalue weighted by Gasteiger charge is 2.24. The molecule has 0 aliphatic heterocycles. The summed E-state index contributed by atoms with van der Waals surface area (Å²) in [6, 6.07) is 4.47. The van der Waals surface area contributed by atoms with Gasteiger partial charge in [0.05, 0.1) is 0 Å². The van der Waals surface area contributed by atoms with E-state index >= 15 is 0 Å². The van der Waals surface area contributed by atoms with Crippen LogP contribution in [0.1, 0.15) is 24.8 Å². The first kappa shape index (κ1) is 8.70. The van der Waals surface area contributed by atoms with Gasteiger partial charge in [-0.05, 0) is 42.9 Å². The number of aromatic nitrogens is 1. The molecular formula is C11H16N2. The van der Waals surface area contributed by atoms with Crippen LogP contribution in [0.25, 0.3) is 0 Å². The highest BCUT2D eigenvalue weighted by Crippen LogP contribution is 2.29. The molecule has 1 aliphatic carbocycles. The fourth-order valence-electron chi connectivity index (χ4n) is 1.83. The Kier molecular flexibility index (Phi) is 2.60. The number of rotatable bonds is 3. The lowest BCUT2D eigenvalue weighted by Gasteiger charge is -2.31. The van der Waals surface area contributed by atoms with Gasteiger partial charge in [-0.15, -0.1) is 0 Å². The summed E-state index contributed by atoms with van der Waals surface area (Å²) in [6.45, 7) is 0. The van der Waals surface area contributed by atoms with E-state index in [0.717, 1.165) is 12.3 Å². The van der Waals surface area contributed by atoms with Gasteiger partial charge in [0, 0.05) is 18.4 Å². The number of hydrogen-bond acceptors (Lipinski definition) is 2. The maximum Gasteiger partial charge on any atom is 0.0270 e. The summed E-state index contributed by atoms with van der Waals surface area (Å²) in [4.78, 5) is 3.99. The van der Waals surface area contributed by atoms with E-state index in [1.165, 1.54) is 24.8 Å². The molecule has 1 aromatic heterocycles. The second-order valence-corrected chi connectivity index (χ2v) is 3.91. The van der Waals surface area contributed by atoms with Crippen molar-refractivity contribution in [2.24, 2.45) is 11.7 Å². The minimum Gasteiger partial charge on any atom is -0.327 e. The van der Waals surface area contributed by atoms with E-state index in [0.29, 0.717) is 6.04 Å². The molecule has 2 rings (SSSR count). The van der Waals surface area contributed by atoms with Crippen molar-refractivity contribution in [2.45, 2.75) is 31.7 Å². The van der Waals surface area contributed by atoms with Gasteiger partial charge in [-0.25, -0.2) is 0 Å². The van der Waals surface area contributed by atoms with Crippen molar-refractivity contribution < 1.29 is 0 Å². The lowest BCUT2D eigenvalue weighted by Crippen LogP contribution is -2.36. The zero-order valence-electron chi connectivity index (χ0n) is 7.82. The monoisotopic (exact) mass is 176 g/mol. The molecule has 0 aromatic carbocycles. The highest BCUT2D eigenvalue weighted by atomic mass is 14.7. The fraction of sp³-hybridized carbons (Fsp3) is 0.545. The maximum atomic E-state index is 6.09. The first-order chi connectivity index (χ1) is 6.36. The molecule has 2 nitrogen and oxygen atoms in total. The molecule has 1 heterocycles. The smallest absolute Gasteiger partial charge is 0.0270 e. The Morgan fingerprint density at radius 1 is 1.38 bits per heavy atom. The Bertz CT molecular complexity index is 254. The van der Waals surface area contributed by atoms with Gasteiger partial charge in [-0.1, -0.05) is 6.42 Å². The van der Waals surface area contributed by atoms with E-state index in [9.17, 15) is 0 Å². The molecule has 1 fully saturated rings. The SMILES string of the molecule is NC(Cc1ccncc1)C1CCC1. The largest absolute Gasteiger partial charge is 0.327 e. The molecule has 0 saturated heterocycles. The van der Waals surface area contributed by atoms with Crippen LogP contribution in [0.3, 0.4) is 0 Å². The summed E-state index contributed by atoms with van der Waals surface area (Å²) in [5.74, 6) is 0.771. The van der Waals surface area contributed by atoms with Crippen molar-refractivity contribution in [3.63, 3.8) is 0 Å². The van der Waals surface area contributed by atoms with Crippen LogP contribution in [0.5, 0.6) is 0 Å². The van der Waals surface area contributed by atoms with E-state index in [4.69, 9.17) is 5.73 Å². The summed E-state index contributed by atoms with van der Waals surface area (Å²) in [5.41, 5.74) is 7.40. The van der Waals surface area contributed by atoms with Crippen LogP contribution < -0.4 is 5.73 Å². The van der Waals surface area contributed by atoms with E-state index in [-0.39, 0.29) is 0 Å². The van der Waals surface area contributed by atoms with Crippen molar-refractivity contribution in [3.8, 4) is 0 Å². The van der Waals surface area contributed by atoms with Crippen molar-refractivity contribution in [1.29, 1.82) is 0 Å². The van der Waals surface area contributed by atoms with E-state index in [1.54, 1.807) is 0 Å². The second-order valence-electron chi connectivity index (χ2n) is 3.91. The molecule has 1 aromatic rings. The van der Waals surface area contributed by atoms with Gasteiger partial charge >= 0.3 is 0 Å². The zero-order chi connectivity index (χ0) is 9.10. The third-order valence-electron chi connectivity index (χ3n) is 2.98. The molecule has 0 spiro atoms. The van der Waals surface area contributed by atoms with Crippen LogP contribution >= 0.6 is 0 Å². The number of nitrogens with two attached hydrogens (primary N) is 1. The maximum absolute atomic E-state index is 6.09. The normalized spacial score (nSPS) is 19.5. The predicted octanol–water partition coefficient (Wildman–Crippen LogP) is 1.75. The van der Waals surface area contributed by atoms with E-state index in [1.807, 2.05) is 12.4 Å². The lowest BCUT2D eigenvalue weighted by atomic mass is 9.78. The minimum absolute atomic E-state index is 0.358. The Hall–Kier alpha value is -0.890. The lowest BCUT2D eigenvalue weighted by molar-refractivity contribution is 0.260. The third kappa shape index (κ3) is 2.07. The molecule has 1 unspecified atom stereocenters. The average molecular weight is 176 g/mol. The zero-order valence-corrected chi connectivity index (χ0v) is 7.82. The Balaban J connectivity index is 1.90.